The van der Waals surface area contributed by atoms with E-state index >= 15 is 0 Å². The Balaban J connectivity index is 1.44. The molecule has 37 heavy (non-hydrogen) atoms. The fourth-order valence-electron chi connectivity index (χ4n) is 4.03. The van der Waals surface area contributed by atoms with Gasteiger partial charge in [0.1, 0.15) is 11.3 Å². The number of aryl methyl sites for hydroxylation is 1. The zero-order valence-electron chi connectivity index (χ0n) is 19.2. The van der Waals surface area contributed by atoms with Gasteiger partial charge < -0.3 is 14.8 Å². The number of rotatable bonds is 5. The number of aliphatic hydroxyl groups is 1. The van der Waals surface area contributed by atoms with E-state index < -0.39 is 29.6 Å². The summed E-state index contributed by atoms with van der Waals surface area (Å²) in [5, 5.41) is 10.6. The minimum atomic E-state index is -4.62. The summed E-state index contributed by atoms with van der Waals surface area (Å²) in [6.45, 7) is 1.63. The number of nitrogens with one attached hydrogen (secondary N) is 1. The van der Waals surface area contributed by atoms with E-state index in [1.54, 1.807) is 24.3 Å². The SMILES string of the molecule is CCc1cc(N2C(=O)N(c3cncc(C(F)(F)F)c3)C[C@H]2O)ccc1Oc1ccnc2[nH]c(=O)cnc12. The fourth-order valence-corrected chi connectivity index (χ4v) is 4.03. The van der Waals surface area contributed by atoms with Crippen molar-refractivity contribution < 1.29 is 27.8 Å². The smallest absolute Gasteiger partial charge is 0.417 e. The van der Waals surface area contributed by atoms with Gasteiger partial charge in [-0.15, -0.1) is 0 Å². The topological polar surface area (TPSA) is 125 Å². The minimum Gasteiger partial charge on any atom is -0.455 e. The van der Waals surface area contributed by atoms with Crippen LogP contribution in [0.25, 0.3) is 11.2 Å². The lowest BCUT2D eigenvalue weighted by molar-refractivity contribution is -0.137. The van der Waals surface area contributed by atoms with Crippen molar-refractivity contribution in [3.05, 3.63) is 76.6 Å². The van der Waals surface area contributed by atoms with E-state index in [0.29, 0.717) is 40.9 Å². The van der Waals surface area contributed by atoms with Crippen molar-refractivity contribution in [3.8, 4) is 11.5 Å². The summed E-state index contributed by atoms with van der Waals surface area (Å²) in [6.07, 6.45) is -1.04. The first kappa shape index (κ1) is 24.2. The lowest BCUT2D eigenvalue weighted by Crippen LogP contribution is -2.35. The first-order chi connectivity index (χ1) is 17.7. The Morgan fingerprint density at radius 1 is 1.08 bits per heavy atom. The molecule has 2 amide bonds. The standard InChI is InChI=1S/C24H19F3N6O4/c1-2-13-7-15(3-4-17(13)37-18-5-6-29-22-21(18)30-11-19(34)31-22)33-20(35)12-32(23(33)36)16-8-14(9-28-10-16)24(25,26)27/h3-11,20,35H,2,12H2,1H3,(H,29,31,34)/t20-/m1/s1. The molecule has 4 aromatic rings. The molecule has 5 rings (SSSR count). The monoisotopic (exact) mass is 512 g/mol. The zero-order chi connectivity index (χ0) is 26.3. The number of alkyl halides is 3. The maximum Gasteiger partial charge on any atom is 0.417 e. The molecule has 1 saturated heterocycles. The molecule has 10 nitrogen and oxygen atoms in total. The maximum absolute atomic E-state index is 13.1. The summed E-state index contributed by atoms with van der Waals surface area (Å²) >= 11 is 0. The van der Waals surface area contributed by atoms with E-state index in [4.69, 9.17) is 4.74 Å². The van der Waals surface area contributed by atoms with Crippen LogP contribution in [-0.2, 0) is 12.6 Å². The number of urea groups is 1. The largest absolute Gasteiger partial charge is 0.455 e. The number of benzene rings is 1. The summed E-state index contributed by atoms with van der Waals surface area (Å²) in [6, 6.07) is 6.54. The number of halogens is 3. The highest BCUT2D eigenvalue weighted by Crippen LogP contribution is 2.36. The predicted octanol–water partition coefficient (Wildman–Crippen LogP) is 3.85. The number of aliphatic hydroxyl groups excluding tert-OH is 1. The fraction of sp³-hybridized carbons (Fsp3) is 0.208. The van der Waals surface area contributed by atoms with Gasteiger partial charge in [0.15, 0.2) is 17.6 Å². The van der Waals surface area contributed by atoms with Crippen LogP contribution in [0.1, 0.15) is 18.1 Å². The van der Waals surface area contributed by atoms with Gasteiger partial charge in [0.25, 0.3) is 5.56 Å². The number of anilines is 2. The molecule has 0 saturated carbocycles. The van der Waals surface area contributed by atoms with Gasteiger partial charge in [0.2, 0.25) is 0 Å². The third-order valence-corrected chi connectivity index (χ3v) is 5.81. The van der Waals surface area contributed by atoms with Crippen LogP contribution in [0.5, 0.6) is 11.5 Å². The number of hydrogen-bond donors (Lipinski definition) is 2. The van der Waals surface area contributed by atoms with E-state index in [1.165, 1.54) is 6.20 Å². The molecule has 190 valence electrons. The maximum atomic E-state index is 13.1. The van der Waals surface area contributed by atoms with E-state index in [2.05, 4.69) is 19.9 Å². The number of amides is 2. The van der Waals surface area contributed by atoms with Gasteiger partial charge >= 0.3 is 12.2 Å². The Kier molecular flexibility index (Phi) is 5.99. The first-order valence-electron chi connectivity index (χ1n) is 11.1. The summed E-state index contributed by atoms with van der Waals surface area (Å²) in [4.78, 5) is 41.2. The van der Waals surface area contributed by atoms with Crippen molar-refractivity contribution in [2.75, 3.05) is 16.3 Å². The Labute approximate surface area is 207 Å². The van der Waals surface area contributed by atoms with Crippen LogP contribution in [0.3, 0.4) is 0 Å². The van der Waals surface area contributed by atoms with Gasteiger partial charge in [-0.2, -0.15) is 13.2 Å². The van der Waals surface area contributed by atoms with Crippen LogP contribution in [0, 0.1) is 0 Å². The molecule has 1 fully saturated rings. The molecule has 0 bridgehead atoms. The number of ether oxygens (including phenoxy) is 1. The van der Waals surface area contributed by atoms with E-state index in [9.17, 15) is 27.9 Å². The van der Waals surface area contributed by atoms with Crippen molar-refractivity contribution in [2.24, 2.45) is 0 Å². The Hall–Kier alpha value is -4.52. The highest BCUT2D eigenvalue weighted by atomic mass is 19.4. The molecule has 1 atom stereocenters. The van der Waals surface area contributed by atoms with Crippen LogP contribution in [0.4, 0.5) is 29.3 Å². The molecule has 0 spiro atoms. The normalized spacial score (nSPS) is 16.0. The summed E-state index contributed by atoms with van der Waals surface area (Å²) in [5.74, 6) is 0.802. The molecule has 1 aliphatic heterocycles. The molecule has 0 unspecified atom stereocenters. The number of aromatic nitrogens is 4. The van der Waals surface area contributed by atoms with E-state index in [0.717, 1.165) is 28.3 Å². The quantitative estimate of drug-likeness (QED) is 0.416. The van der Waals surface area contributed by atoms with Crippen LogP contribution >= 0.6 is 0 Å². The van der Waals surface area contributed by atoms with Crippen LogP contribution in [0.2, 0.25) is 0 Å². The van der Waals surface area contributed by atoms with Gasteiger partial charge in [-0.05, 0) is 36.2 Å². The van der Waals surface area contributed by atoms with Crippen molar-refractivity contribution in [2.45, 2.75) is 25.7 Å². The van der Waals surface area contributed by atoms with E-state index in [1.807, 2.05) is 6.92 Å². The number of carbonyl (C=O) groups excluding carboxylic acids is 1. The molecular formula is C24H19F3N6O4. The average molecular weight is 512 g/mol. The summed E-state index contributed by atoms with van der Waals surface area (Å²) in [5.41, 5.74) is 0.157. The molecule has 4 heterocycles. The number of H-pyrrole nitrogens is 1. The Morgan fingerprint density at radius 2 is 1.89 bits per heavy atom. The number of hydrogen-bond acceptors (Lipinski definition) is 7. The van der Waals surface area contributed by atoms with E-state index in [-0.39, 0.29) is 17.9 Å². The lowest BCUT2D eigenvalue weighted by Gasteiger charge is -2.22. The zero-order valence-corrected chi connectivity index (χ0v) is 19.2. The summed E-state index contributed by atoms with van der Waals surface area (Å²) < 4.78 is 45.4. The third-order valence-electron chi connectivity index (χ3n) is 5.81. The molecule has 13 heteroatoms. The van der Waals surface area contributed by atoms with Gasteiger partial charge in [-0.1, -0.05) is 6.92 Å². The number of pyridine rings is 2. The number of aromatic amines is 1. The number of β-amino-alcohol motifs (C(OH)–C–C–N with tert-alkyl or cyclic N) is 1. The van der Waals surface area contributed by atoms with Gasteiger partial charge in [-0.3, -0.25) is 19.6 Å². The molecule has 1 aromatic carbocycles. The number of carbonyl (C=O) groups is 1. The molecule has 2 N–H and O–H groups in total. The molecule has 1 aliphatic rings. The lowest BCUT2D eigenvalue weighted by atomic mass is 10.1. The first-order valence-corrected chi connectivity index (χ1v) is 11.1. The summed E-state index contributed by atoms with van der Waals surface area (Å²) in [7, 11) is 0. The highest BCUT2D eigenvalue weighted by Gasteiger charge is 2.39. The van der Waals surface area contributed by atoms with Gasteiger partial charge in [-0.25, -0.2) is 14.8 Å². The molecule has 0 aliphatic carbocycles. The van der Waals surface area contributed by atoms with Crippen molar-refractivity contribution in [3.63, 3.8) is 0 Å². The van der Waals surface area contributed by atoms with Gasteiger partial charge in [0.05, 0.1) is 30.2 Å². The molecule has 0 radical (unpaired) electrons. The van der Waals surface area contributed by atoms with Crippen LogP contribution < -0.4 is 20.1 Å². The highest BCUT2D eigenvalue weighted by molar-refractivity contribution is 6.06. The second kappa shape index (κ2) is 9.17. The second-order valence-corrected chi connectivity index (χ2v) is 8.17. The Morgan fingerprint density at radius 3 is 2.65 bits per heavy atom. The third kappa shape index (κ3) is 4.56. The minimum absolute atomic E-state index is 0.0767. The van der Waals surface area contributed by atoms with Crippen molar-refractivity contribution in [1.82, 2.24) is 19.9 Å². The average Bonchev–Trinajstić information content (AvgIpc) is 3.17. The molecular weight excluding hydrogens is 493 g/mol. The van der Waals surface area contributed by atoms with Crippen molar-refractivity contribution >= 4 is 28.6 Å². The van der Waals surface area contributed by atoms with Crippen molar-refractivity contribution in [1.29, 1.82) is 0 Å². The van der Waals surface area contributed by atoms with Crippen LogP contribution in [-0.4, -0.2) is 43.8 Å². The predicted molar refractivity (Wildman–Crippen MR) is 127 cm³/mol. The Bertz CT molecular complexity index is 1560. The number of nitrogens with zero attached hydrogens (tertiary/aromatic N) is 5. The van der Waals surface area contributed by atoms with Gasteiger partial charge in [0, 0.05) is 24.1 Å². The second-order valence-electron chi connectivity index (χ2n) is 8.17. The molecule has 3 aromatic heterocycles. The van der Waals surface area contributed by atoms with Crippen LogP contribution in [0.15, 0.2) is 59.9 Å². The number of fused-ring (bicyclic) bond motifs is 1.